The molecule has 2 N–H and O–H groups in total. The Hall–Kier alpha value is -0.770. The minimum atomic E-state index is -1.07. The number of hydrogen-bond donors (Lipinski definition) is 2. The summed E-state index contributed by atoms with van der Waals surface area (Å²) in [6.07, 6.45) is 1.02. The van der Waals surface area contributed by atoms with Crippen molar-refractivity contribution in [2.75, 3.05) is 0 Å². The molecule has 0 bridgehead atoms. The van der Waals surface area contributed by atoms with Gasteiger partial charge in [0.05, 0.1) is 22.1 Å². The zero-order valence-corrected chi connectivity index (χ0v) is 11.6. The highest BCUT2D eigenvalue weighted by Gasteiger charge is 2.27. The van der Waals surface area contributed by atoms with Crippen LogP contribution in [0.2, 0.25) is 10.0 Å². The predicted octanol–water partition coefficient (Wildman–Crippen LogP) is 3.92. The van der Waals surface area contributed by atoms with Crippen molar-refractivity contribution >= 4 is 29.2 Å². The third-order valence-corrected chi connectivity index (χ3v) is 3.59. The van der Waals surface area contributed by atoms with Gasteiger partial charge in [0.1, 0.15) is 0 Å². The van der Waals surface area contributed by atoms with Crippen LogP contribution in [0.4, 0.5) is 0 Å². The molecule has 0 spiro atoms. The van der Waals surface area contributed by atoms with E-state index < -0.39 is 18.0 Å². The molecule has 5 heteroatoms. The fraction of sp³-hybridized carbons (Fsp3) is 0.462. The van der Waals surface area contributed by atoms with Gasteiger partial charge in [-0.1, -0.05) is 49.0 Å². The minimum Gasteiger partial charge on any atom is -0.481 e. The first-order valence-corrected chi connectivity index (χ1v) is 6.58. The first kappa shape index (κ1) is 15.3. The van der Waals surface area contributed by atoms with Crippen LogP contribution in [0.15, 0.2) is 18.2 Å². The minimum absolute atomic E-state index is 0.313. The molecular formula is C13H16Cl2O3. The van der Waals surface area contributed by atoms with Crippen molar-refractivity contribution in [2.45, 2.75) is 32.3 Å². The van der Waals surface area contributed by atoms with E-state index in [4.69, 9.17) is 28.3 Å². The zero-order valence-electron chi connectivity index (χ0n) is 10.1. The highest BCUT2D eigenvalue weighted by Crippen LogP contribution is 2.31. The van der Waals surface area contributed by atoms with E-state index in [0.29, 0.717) is 22.0 Å². The summed E-state index contributed by atoms with van der Waals surface area (Å²) in [7, 11) is 0. The number of aliphatic carboxylic acids is 1. The molecule has 2 atom stereocenters. The molecule has 100 valence electrons. The van der Waals surface area contributed by atoms with Gasteiger partial charge in [-0.2, -0.15) is 0 Å². The summed E-state index contributed by atoms with van der Waals surface area (Å²) in [6.45, 7) is 1.98. The SMILES string of the molecule is CCCCC(C(=O)O)C(O)c1ccc(Cl)c(Cl)c1. The summed E-state index contributed by atoms with van der Waals surface area (Å²) in [5.74, 6) is -1.82. The quantitative estimate of drug-likeness (QED) is 0.835. The molecule has 18 heavy (non-hydrogen) atoms. The van der Waals surface area contributed by atoms with E-state index >= 15 is 0 Å². The average molecular weight is 291 g/mol. The summed E-state index contributed by atoms with van der Waals surface area (Å²) >= 11 is 11.6. The number of carboxylic acid groups (broad SMARTS) is 1. The van der Waals surface area contributed by atoms with E-state index in [0.717, 1.165) is 12.8 Å². The molecule has 0 aliphatic heterocycles. The van der Waals surface area contributed by atoms with Gasteiger partial charge in [-0.3, -0.25) is 4.79 Å². The number of hydrogen-bond acceptors (Lipinski definition) is 2. The van der Waals surface area contributed by atoms with Gasteiger partial charge in [-0.25, -0.2) is 0 Å². The Bertz CT molecular complexity index is 421. The van der Waals surface area contributed by atoms with Crippen molar-refractivity contribution in [3.63, 3.8) is 0 Å². The Kier molecular flexibility index (Phi) is 5.93. The van der Waals surface area contributed by atoms with E-state index in [1.54, 1.807) is 12.1 Å². The van der Waals surface area contributed by atoms with Gasteiger partial charge < -0.3 is 10.2 Å². The monoisotopic (exact) mass is 290 g/mol. The van der Waals surface area contributed by atoms with Crippen LogP contribution in [-0.2, 0) is 4.79 Å². The molecule has 3 nitrogen and oxygen atoms in total. The second-order valence-electron chi connectivity index (χ2n) is 4.21. The normalized spacial score (nSPS) is 14.2. The zero-order chi connectivity index (χ0) is 13.7. The highest BCUT2D eigenvalue weighted by atomic mass is 35.5. The van der Waals surface area contributed by atoms with Gasteiger partial charge in [-0.15, -0.1) is 0 Å². The van der Waals surface area contributed by atoms with Crippen LogP contribution < -0.4 is 0 Å². The van der Waals surface area contributed by atoms with Crippen LogP contribution in [-0.4, -0.2) is 16.2 Å². The molecule has 0 amide bonds. The number of carbonyl (C=O) groups is 1. The second kappa shape index (κ2) is 6.98. The topological polar surface area (TPSA) is 57.5 Å². The maximum absolute atomic E-state index is 11.2. The Morgan fingerprint density at radius 1 is 1.33 bits per heavy atom. The lowest BCUT2D eigenvalue weighted by Gasteiger charge is -2.19. The Balaban J connectivity index is 2.90. The van der Waals surface area contributed by atoms with E-state index in [1.165, 1.54) is 6.07 Å². The molecule has 0 heterocycles. The van der Waals surface area contributed by atoms with Crippen LogP contribution in [0.5, 0.6) is 0 Å². The van der Waals surface area contributed by atoms with Gasteiger partial charge >= 0.3 is 5.97 Å². The van der Waals surface area contributed by atoms with Crippen LogP contribution >= 0.6 is 23.2 Å². The summed E-state index contributed by atoms with van der Waals surface area (Å²) in [5.41, 5.74) is 0.480. The molecule has 1 aromatic carbocycles. The average Bonchev–Trinajstić information content (AvgIpc) is 2.32. The summed E-state index contributed by atoms with van der Waals surface area (Å²) in [4.78, 5) is 11.2. The van der Waals surface area contributed by atoms with Gasteiger partial charge in [0.25, 0.3) is 0 Å². The number of aliphatic hydroxyl groups is 1. The standard InChI is InChI=1S/C13H16Cl2O3/c1-2-3-4-9(13(17)18)12(16)8-5-6-10(14)11(15)7-8/h5-7,9,12,16H,2-4H2,1H3,(H,17,18). The number of aliphatic hydroxyl groups excluding tert-OH is 1. The molecule has 0 saturated carbocycles. The Morgan fingerprint density at radius 2 is 2.00 bits per heavy atom. The number of rotatable bonds is 6. The lowest BCUT2D eigenvalue weighted by atomic mass is 9.91. The van der Waals surface area contributed by atoms with E-state index in [2.05, 4.69) is 0 Å². The lowest BCUT2D eigenvalue weighted by Crippen LogP contribution is -2.22. The molecular weight excluding hydrogens is 275 g/mol. The van der Waals surface area contributed by atoms with Crippen molar-refractivity contribution in [3.8, 4) is 0 Å². The van der Waals surface area contributed by atoms with Crippen LogP contribution in [0.1, 0.15) is 37.9 Å². The largest absolute Gasteiger partial charge is 0.481 e. The highest BCUT2D eigenvalue weighted by molar-refractivity contribution is 6.42. The smallest absolute Gasteiger partial charge is 0.309 e. The maximum atomic E-state index is 11.2. The third kappa shape index (κ3) is 3.87. The second-order valence-corrected chi connectivity index (χ2v) is 5.02. The number of unbranched alkanes of at least 4 members (excludes halogenated alkanes) is 1. The molecule has 1 rings (SSSR count). The summed E-state index contributed by atoms with van der Waals surface area (Å²) in [6, 6.07) is 4.67. The lowest BCUT2D eigenvalue weighted by molar-refractivity contribution is -0.146. The Morgan fingerprint density at radius 3 is 2.50 bits per heavy atom. The van der Waals surface area contributed by atoms with Crippen molar-refractivity contribution in [2.24, 2.45) is 5.92 Å². The predicted molar refractivity (Wildman–Crippen MR) is 72.1 cm³/mol. The number of benzene rings is 1. The molecule has 0 aromatic heterocycles. The van der Waals surface area contributed by atoms with Crippen molar-refractivity contribution in [1.82, 2.24) is 0 Å². The fourth-order valence-electron chi connectivity index (χ4n) is 1.77. The van der Waals surface area contributed by atoms with Crippen molar-refractivity contribution < 1.29 is 15.0 Å². The molecule has 0 aliphatic rings. The van der Waals surface area contributed by atoms with E-state index in [9.17, 15) is 9.90 Å². The summed E-state index contributed by atoms with van der Waals surface area (Å²) in [5, 5.41) is 19.9. The van der Waals surface area contributed by atoms with Gasteiger partial charge in [-0.05, 0) is 24.1 Å². The maximum Gasteiger partial charge on any atom is 0.309 e. The van der Waals surface area contributed by atoms with Crippen LogP contribution in [0.25, 0.3) is 0 Å². The number of halogens is 2. The first-order chi connectivity index (χ1) is 8.47. The van der Waals surface area contributed by atoms with Crippen LogP contribution in [0, 0.1) is 5.92 Å². The summed E-state index contributed by atoms with van der Waals surface area (Å²) < 4.78 is 0. The van der Waals surface area contributed by atoms with Gasteiger partial charge in [0, 0.05) is 0 Å². The molecule has 2 unspecified atom stereocenters. The first-order valence-electron chi connectivity index (χ1n) is 5.83. The molecule has 0 saturated heterocycles. The van der Waals surface area contributed by atoms with Crippen LogP contribution in [0.3, 0.4) is 0 Å². The van der Waals surface area contributed by atoms with Gasteiger partial charge in [0.15, 0.2) is 0 Å². The molecule has 0 aliphatic carbocycles. The Labute approximate surface area is 116 Å². The molecule has 0 fully saturated rings. The van der Waals surface area contributed by atoms with Gasteiger partial charge in [0.2, 0.25) is 0 Å². The van der Waals surface area contributed by atoms with Crippen molar-refractivity contribution in [3.05, 3.63) is 33.8 Å². The van der Waals surface area contributed by atoms with Crippen molar-refractivity contribution in [1.29, 1.82) is 0 Å². The fourth-order valence-corrected chi connectivity index (χ4v) is 2.08. The molecule has 0 radical (unpaired) electrons. The number of carboxylic acids is 1. The van der Waals surface area contributed by atoms with E-state index in [1.807, 2.05) is 6.92 Å². The van der Waals surface area contributed by atoms with E-state index in [-0.39, 0.29) is 0 Å². The molecule has 1 aromatic rings. The third-order valence-electron chi connectivity index (χ3n) is 2.85.